The molecule has 20 heavy (non-hydrogen) atoms. The molecule has 0 heterocycles. The predicted molar refractivity (Wildman–Crippen MR) is 83.9 cm³/mol. The van der Waals surface area contributed by atoms with Crippen LogP contribution in [0.1, 0.15) is 10.4 Å². The van der Waals surface area contributed by atoms with E-state index in [1.165, 1.54) is 0 Å². The smallest absolute Gasteiger partial charge is 0.255 e. The first kappa shape index (κ1) is 14.2. The highest BCUT2D eigenvalue weighted by Gasteiger charge is 2.09. The molecule has 0 saturated carbocycles. The monoisotopic (exact) mass is 335 g/mol. The second-order valence-corrected chi connectivity index (χ2v) is 5.14. The fraction of sp³-hybridized carbons (Fsp3) is 0.0714. The van der Waals surface area contributed by atoms with Crippen LogP contribution in [0.25, 0.3) is 0 Å². The van der Waals surface area contributed by atoms with Crippen molar-refractivity contribution in [2.75, 3.05) is 23.9 Å². The van der Waals surface area contributed by atoms with Crippen molar-refractivity contribution >= 4 is 38.9 Å². The van der Waals surface area contributed by atoms with Crippen molar-refractivity contribution in [2.24, 2.45) is 0 Å². The molecule has 0 bridgehead atoms. The molecule has 0 aliphatic heterocycles. The fourth-order valence-electron chi connectivity index (χ4n) is 1.76. The molecule has 6 heteroatoms. The summed E-state index contributed by atoms with van der Waals surface area (Å²) >= 11 is 3.35. The van der Waals surface area contributed by atoms with Crippen LogP contribution in [0.15, 0.2) is 40.9 Å². The van der Waals surface area contributed by atoms with Crippen molar-refractivity contribution in [1.82, 2.24) is 0 Å². The van der Waals surface area contributed by atoms with Crippen molar-refractivity contribution in [3.05, 3.63) is 46.4 Å². The molecule has 1 amide bonds. The number of nitrogens with two attached hydrogens (primary N) is 2. The summed E-state index contributed by atoms with van der Waals surface area (Å²) in [6.07, 6.45) is 0. The zero-order valence-electron chi connectivity index (χ0n) is 10.8. The van der Waals surface area contributed by atoms with Crippen LogP contribution >= 0.6 is 15.9 Å². The Hall–Kier alpha value is -2.21. The van der Waals surface area contributed by atoms with Gasteiger partial charge in [-0.15, -0.1) is 0 Å². The maximum Gasteiger partial charge on any atom is 0.255 e. The van der Waals surface area contributed by atoms with Gasteiger partial charge in [-0.25, -0.2) is 0 Å². The van der Waals surface area contributed by atoms with E-state index < -0.39 is 0 Å². The summed E-state index contributed by atoms with van der Waals surface area (Å²) < 4.78 is 5.94. The number of ether oxygens (including phenoxy) is 1. The third-order valence-electron chi connectivity index (χ3n) is 2.60. The first-order valence-electron chi connectivity index (χ1n) is 5.80. The minimum atomic E-state index is -0.288. The summed E-state index contributed by atoms with van der Waals surface area (Å²) in [5.41, 5.74) is 13.3. The van der Waals surface area contributed by atoms with Gasteiger partial charge >= 0.3 is 0 Å². The zero-order valence-corrected chi connectivity index (χ0v) is 12.4. The summed E-state index contributed by atoms with van der Waals surface area (Å²) in [7, 11) is 1.56. The van der Waals surface area contributed by atoms with E-state index >= 15 is 0 Å². The van der Waals surface area contributed by atoms with Gasteiger partial charge in [-0.1, -0.05) is 15.9 Å². The Bertz CT molecular complexity index is 639. The highest BCUT2D eigenvalue weighted by molar-refractivity contribution is 9.10. The van der Waals surface area contributed by atoms with Gasteiger partial charge in [-0.05, 0) is 30.3 Å². The van der Waals surface area contributed by atoms with Crippen LogP contribution in [0.3, 0.4) is 0 Å². The number of nitrogen functional groups attached to an aromatic ring is 2. The van der Waals surface area contributed by atoms with Crippen LogP contribution in [-0.4, -0.2) is 13.0 Å². The summed E-state index contributed by atoms with van der Waals surface area (Å²) in [6.45, 7) is 0. The predicted octanol–water partition coefficient (Wildman–Crippen LogP) is 2.87. The Kier molecular flexibility index (Phi) is 4.14. The molecular formula is C14H14BrN3O2. The van der Waals surface area contributed by atoms with Gasteiger partial charge < -0.3 is 21.5 Å². The quantitative estimate of drug-likeness (QED) is 0.752. The van der Waals surface area contributed by atoms with Gasteiger partial charge in [-0.3, -0.25) is 4.79 Å². The van der Waals surface area contributed by atoms with E-state index in [-0.39, 0.29) is 5.91 Å². The Labute approximate surface area is 125 Å². The van der Waals surface area contributed by atoms with Crippen LogP contribution in [0.5, 0.6) is 5.75 Å². The molecule has 0 aliphatic carbocycles. The maximum absolute atomic E-state index is 12.2. The Morgan fingerprint density at radius 1 is 1.10 bits per heavy atom. The van der Waals surface area contributed by atoms with Crippen molar-refractivity contribution in [2.45, 2.75) is 0 Å². The second-order valence-electron chi connectivity index (χ2n) is 4.22. The Balaban J connectivity index is 2.25. The van der Waals surface area contributed by atoms with Crippen LogP contribution in [0.4, 0.5) is 17.1 Å². The topological polar surface area (TPSA) is 90.4 Å². The minimum absolute atomic E-state index is 0.288. The average molecular weight is 336 g/mol. The zero-order chi connectivity index (χ0) is 14.7. The maximum atomic E-state index is 12.2. The number of hydrogen-bond acceptors (Lipinski definition) is 4. The van der Waals surface area contributed by atoms with Crippen molar-refractivity contribution < 1.29 is 9.53 Å². The molecule has 2 rings (SSSR count). The van der Waals surface area contributed by atoms with Gasteiger partial charge in [0.1, 0.15) is 5.75 Å². The first-order chi connectivity index (χ1) is 9.47. The van der Waals surface area contributed by atoms with E-state index in [2.05, 4.69) is 21.2 Å². The molecule has 104 valence electrons. The number of anilines is 3. The van der Waals surface area contributed by atoms with Crippen LogP contribution in [-0.2, 0) is 0 Å². The number of halogens is 1. The van der Waals surface area contributed by atoms with Gasteiger partial charge in [0.05, 0.1) is 7.11 Å². The van der Waals surface area contributed by atoms with Crippen LogP contribution in [0.2, 0.25) is 0 Å². The molecular weight excluding hydrogens is 322 g/mol. The lowest BCUT2D eigenvalue weighted by atomic mass is 10.1. The molecule has 0 atom stereocenters. The average Bonchev–Trinajstić information content (AvgIpc) is 2.36. The van der Waals surface area contributed by atoms with Gasteiger partial charge in [0.2, 0.25) is 0 Å². The van der Waals surface area contributed by atoms with Crippen molar-refractivity contribution in [1.29, 1.82) is 0 Å². The number of nitrogens with one attached hydrogen (secondary N) is 1. The summed E-state index contributed by atoms with van der Waals surface area (Å²) in [5.74, 6) is 0.353. The number of carbonyl (C=O) groups excluding carboxylic acids is 1. The third kappa shape index (κ3) is 3.42. The SMILES string of the molecule is COc1cc(Br)cc(NC(=O)c2cc(N)cc(N)c2)c1. The van der Waals surface area contributed by atoms with Gasteiger partial charge in [-0.2, -0.15) is 0 Å². The minimum Gasteiger partial charge on any atom is -0.497 e. The second kappa shape index (κ2) is 5.83. The molecule has 0 unspecified atom stereocenters. The largest absolute Gasteiger partial charge is 0.497 e. The molecule has 0 fully saturated rings. The third-order valence-corrected chi connectivity index (χ3v) is 3.06. The molecule has 5 nitrogen and oxygen atoms in total. The standard InChI is InChI=1S/C14H14BrN3O2/c1-20-13-5-9(15)4-12(7-13)18-14(19)8-2-10(16)6-11(17)3-8/h2-7H,16-17H2,1H3,(H,18,19). The summed E-state index contributed by atoms with van der Waals surface area (Å²) in [4.78, 5) is 12.2. The molecule has 2 aromatic rings. The number of benzene rings is 2. The van der Waals surface area contributed by atoms with E-state index in [0.29, 0.717) is 28.4 Å². The molecule has 0 aliphatic rings. The van der Waals surface area contributed by atoms with Crippen LogP contribution < -0.4 is 21.5 Å². The molecule has 5 N–H and O–H groups in total. The van der Waals surface area contributed by atoms with Crippen LogP contribution in [0, 0.1) is 0 Å². The van der Waals surface area contributed by atoms with E-state index in [9.17, 15) is 4.79 Å². The van der Waals surface area contributed by atoms with E-state index in [1.807, 2.05) is 0 Å². The lowest BCUT2D eigenvalue weighted by molar-refractivity contribution is 0.102. The molecule has 0 aromatic heterocycles. The van der Waals surface area contributed by atoms with Gasteiger partial charge in [0.25, 0.3) is 5.91 Å². The Morgan fingerprint density at radius 2 is 1.75 bits per heavy atom. The summed E-state index contributed by atoms with van der Waals surface area (Å²) in [5, 5.41) is 2.77. The molecule has 0 radical (unpaired) electrons. The van der Waals surface area contributed by atoms with E-state index in [4.69, 9.17) is 16.2 Å². The number of amides is 1. The lowest BCUT2D eigenvalue weighted by Gasteiger charge is -2.09. The highest BCUT2D eigenvalue weighted by atomic mass is 79.9. The molecule has 2 aromatic carbocycles. The lowest BCUT2D eigenvalue weighted by Crippen LogP contribution is -2.12. The molecule has 0 saturated heterocycles. The number of hydrogen-bond donors (Lipinski definition) is 3. The van der Waals surface area contributed by atoms with E-state index in [1.54, 1.807) is 43.5 Å². The van der Waals surface area contributed by atoms with Crippen molar-refractivity contribution in [3.63, 3.8) is 0 Å². The van der Waals surface area contributed by atoms with Gasteiger partial charge in [0, 0.05) is 33.2 Å². The highest BCUT2D eigenvalue weighted by Crippen LogP contribution is 2.25. The van der Waals surface area contributed by atoms with E-state index in [0.717, 1.165) is 4.47 Å². The number of rotatable bonds is 3. The normalized spacial score (nSPS) is 10.1. The number of carbonyl (C=O) groups is 1. The van der Waals surface area contributed by atoms with Gasteiger partial charge in [0.15, 0.2) is 0 Å². The number of methoxy groups -OCH3 is 1. The van der Waals surface area contributed by atoms with Crippen molar-refractivity contribution in [3.8, 4) is 5.75 Å². The molecule has 0 spiro atoms. The fourth-order valence-corrected chi connectivity index (χ4v) is 2.24. The Morgan fingerprint density at radius 3 is 2.35 bits per heavy atom. The first-order valence-corrected chi connectivity index (χ1v) is 6.59. The summed E-state index contributed by atoms with van der Waals surface area (Å²) in [6, 6.07) is 10.0.